The van der Waals surface area contributed by atoms with E-state index in [1.54, 1.807) is 13.3 Å². The van der Waals surface area contributed by atoms with Crippen molar-refractivity contribution in [3.05, 3.63) is 71.8 Å². The number of nitrogens with zero attached hydrogens (tertiary/aromatic N) is 1. The number of hydrogen-bond donors (Lipinski definition) is 1. The number of hydrogen-bond acceptors (Lipinski definition) is 4. The van der Waals surface area contributed by atoms with Gasteiger partial charge in [0.25, 0.3) is 0 Å². The summed E-state index contributed by atoms with van der Waals surface area (Å²) < 4.78 is 11.6. The average molecular weight is 334 g/mol. The molecule has 0 bridgehead atoms. The third-order valence-corrected chi connectivity index (χ3v) is 4.10. The molecule has 4 nitrogen and oxygen atoms in total. The molecule has 0 fully saturated rings. The van der Waals surface area contributed by atoms with Gasteiger partial charge >= 0.3 is 0 Å². The third-order valence-electron chi connectivity index (χ3n) is 4.10. The minimum Gasteiger partial charge on any atom is -0.493 e. The molecule has 3 aromatic rings. The van der Waals surface area contributed by atoms with Crippen molar-refractivity contribution in [3.63, 3.8) is 0 Å². The van der Waals surface area contributed by atoms with E-state index in [0.717, 1.165) is 40.7 Å². The normalized spacial score (nSPS) is 11.1. The van der Waals surface area contributed by atoms with Gasteiger partial charge in [-0.1, -0.05) is 48.5 Å². The van der Waals surface area contributed by atoms with Crippen LogP contribution in [0.3, 0.4) is 0 Å². The number of rotatable bonds is 7. The first-order chi connectivity index (χ1) is 12.3. The van der Waals surface area contributed by atoms with Crippen LogP contribution in [-0.2, 0) is 6.42 Å². The van der Waals surface area contributed by atoms with Gasteiger partial charge in [0.15, 0.2) is 11.5 Å². The lowest BCUT2D eigenvalue weighted by atomic mass is 10.1. The molecule has 3 aromatic carbocycles. The van der Waals surface area contributed by atoms with E-state index < -0.39 is 0 Å². The summed E-state index contributed by atoms with van der Waals surface area (Å²) in [4.78, 5) is 0. The van der Waals surface area contributed by atoms with Gasteiger partial charge in [0.05, 0.1) is 19.9 Å². The first-order valence-corrected chi connectivity index (χ1v) is 8.32. The van der Waals surface area contributed by atoms with Crippen molar-refractivity contribution in [1.29, 1.82) is 0 Å². The second-order valence-corrected chi connectivity index (χ2v) is 5.79. The molecule has 0 aliphatic rings. The molecule has 0 heterocycles. The summed E-state index contributed by atoms with van der Waals surface area (Å²) in [6.07, 6.45) is 3.55. The fraction of sp³-hybridized carbons (Fsp3) is 0.190. The van der Waals surface area contributed by atoms with Crippen molar-refractivity contribution >= 4 is 17.0 Å². The fourth-order valence-corrected chi connectivity index (χ4v) is 2.86. The maximum Gasteiger partial charge on any atom is 0.168 e. The molecule has 0 amide bonds. The Bertz CT molecular complexity index is 860. The molecule has 0 aliphatic carbocycles. The molecule has 0 atom stereocenters. The molecule has 0 saturated heterocycles. The van der Waals surface area contributed by atoms with Crippen LogP contribution in [0.25, 0.3) is 10.8 Å². The van der Waals surface area contributed by atoms with E-state index in [1.807, 2.05) is 36.4 Å². The lowest BCUT2D eigenvalue weighted by Gasteiger charge is -2.14. The molecule has 3 rings (SSSR count). The number of nitrogens with two attached hydrogens (primary N) is 1. The number of fused-ring (bicyclic) bond motifs is 1. The lowest BCUT2D eigenvalue weighted by molar-refractivity contribution is 0.293. The van der Waals surface area contributed by atoms with Crippen LogP contribution in [0.5, 0.6) is 11.5 Å². The first kappa shape index (κ1) is 16.8. The van der Waals surface area contributed by atoms with Gasteiger partial charge in [0.2, 0.25) is 0 Å². The zero-order valence-corrected chi connectivity index (χ0v) is 14.3. The number of methoxy groups -OCH3 is 1. The predicted molar refractivity (Wildman–Crippen MR) is 103 cm³/mol. The molecular weight excluding hydrogens is 312 g/mol. The van der Waals surface area contributed by atoms with Crippen LogP contribution >= 0.6 is 0 Å². The molecule has 0 saturated carbocycles. The smallest absolute Gasteiger partial charge is 0.168 e. The van der Waals surface area contributed by atoms with E-state index in [2.05, 4.69) is 29.4 Å². The molecule has 0 radical (unpaired) electrons. The number of hydrazone groups is 1. The second-order valence-electron chi connectivity index (χ2n) is 5.79. The van der Waals surface area contributed by atoms with Crippen molar-refractivity contribution in [2.75, 3.05) is 13.7 Å². The minimum absolute atomic E-state index is 0.625. The largest absolute Gasteiger partial charge is 0.493 e. The fourth-order valence-electron chi connectivity index (χ4n) is 2.86. The minimum atomic E-state index is 0.625. The van der Waals surface area contributed by atoms with Crippen molar-refractivity contribution in [3.8, 4) is 11.5 Å². The van der Waals surface area contributed by atoms with E-state index >= 15 is 0 Å². The number of ether oxygens (including phenoxy) is 2. The van der Waals surface area contributed by atoms with Gasteiger partial charge in [-0.2, -0.15) is 5.10 Å². The Morgan fingerprint density at radius 1 is 1.04 bits per heavy atom. The Balaban J connectivity index is 1.79. The van der Waals surface area contributed by atoms with Crippen molar-refractivity contribution in [2.45, 2.75) is 12.8 Å². The number of aryl methyl sites for hydroxylation is 1. The lowest BCUT2D eigenvalue weighted by Crippen LogP contribution is -2.02. The van der Waals surface area contributed by atoms with Gasteiger partial charge in [-0.05, 0) is 41.5 Å². The zero-order valence-electron chi connectivity index (χ0n) is 14.3. The summed E-state index contributed by atoms with van der Waals surface area (Å²) in [5, 5.41) is 5.68. The van der Waals surface area contributed by atoms with E-state index in [9.17, 15) is 0 Å². The van der Waals surface area contributed by atoms with Crippen LogP contribution in [0.2, 0.25) is 0 Å². The van der Waals surface area contributed by atoms with E-state index in [-0.39, 0.29) is 0 Å². The van der Waals surface area contributed by atoms with Crippen molar-refractivity contribution < 1.29 is 9.47 Å². The average Bonchev–Trinajstić information content (AvgIpc) is 2.66. The van der Waals surface area contributed by atoms with Crippen LogP contribution < -0.4 is 15.3 Å². The SMILES string of the molecule is COc1ccc2ccc(/C=N\N)cc2c1OCCCc1ccccc1. The van der Waals surface area contributed by atoms with Gasteiger partial charge in [-0.25, -0.2) is 0 Å². The van der Waals surface area contributed by atoms with Crippen LogP contribution in [0.4, 0.5) is 0 Å². The Kier molecular flexibility index (Phi) is 5.52. The second kappa shape index (κ2) is 8.20. The molecule has 25 heavy (non-hydrogen) atoms. The molecular formula is C21H22N2O2. The van der Waals surface area contributed by atoms with Gasteiger partial charge in [-0.15, -0.1) is 0 Å². The summed E-state index contributed by atoms with van der Waals surface area (Å²) >= 11 is 0. The van der Waals surface area contributed by atoms with Crippen molar-refractivity contribution in [1.82, 2.24) is 0 Å². The molecule has 0 aromatic heterocycles. The van der Waals surface area contributed by atoms with E-state index in [1.165, 1.54) is 5.56 Å². The highest BCUT2D eigenvalue weighted by molar-refractivity contribution is 5.95. The van der Waals surface area contributed by atoms with Crippen LogP contribution in [0.1, 0.15) is 17.5 Å². The highest BCUT2D eigenvalue weighted by Crippen LogP contribution is 2.36. The summed E-state index contributed by atoms with van der Waals surface area (Å²) in [7, 11) is 1.66. The molecule has 128 valence electrons. The molecule has 0 aliphatic heterocycles. The Morgan fingerprint density at radius 3 is 2.60 bits per heavy atom. The molecule has 0 unspecified atom stereocenters. The monoisotopic (exact) mass is 334 g/mol. The quantitative estimate of drug-likeness (QED) is 0.306. The summed E-state index contributed by atoms with van der Waals surface area (Å²) in [5.41, 5.74) is 2.25. The van der Waals surface area contributed by atoms with Crippen LogP contribution in [0.15, 0.2) is 65.8 Å². The van der Waals surface area contributed by atoms with Gasteiger partial charge < -0.3 is 15.3 Å². The van der Waals surface area contributed by atoms with E-state index in [0.29, 0.717) is 6.61 Å². The van der Waals surface area contributed by atoms with Gasteiger partial charge in [0.1, 0.15) is 0 Å². The summed E-state index contributed by atoms with van der Waals surface area (Å²) in [5.74, 6) is 6.76. The maximum absolute atomic E-state index is 6.10. The van der Waals surface area contributed by atoms with Gasteiger partial charge in [0, 0.05) is 5.39 Å². The van der Waals surface area contributed by atoms with Gasteiger partial charge in [-0.3, -0.25) is 0 Å². The molecule has 2 N–H and O–H groups in total. The Labute approximate surface area is 147 Å². The highest BCUT2D eigenvalue weighted by Gasteiger charge is 2.10. The predicted octanol–water partition coefficient (Wildman–Crippen LogP) is 4.15. The Morgan fingerprint density at radius 2 is 1.84 bits per heavy atom. The first-order valence-electron chi connectivity index (χ1n) is 8.32. The van der Waals surface area contributed by atoms with E-state index in [4.69, 9.17) is 15.3 Å². The zero-order chi connectivity index (χ0) is 17.5. The molecule has 4 heteroatoms. The summed E-state index contributed by atoms with van der Waals surface area (Å²) in [6.45, 7) is 0.625. The topological polar surface area (TPSA) is 56.8 Å². The van der Waals surface area contributed by atoms with Crippen molar-refractivity contribution in [2.24, 2.45) is 10.9 Å². The third kappa shape index (κ3) is 4.10. The maximum atomic E-state index is 6.10. The van der Waals surface area contributed by atoms with Crippen LogP contribution in [-0.4, -0.2) is 19.9 Å². The number of benzene rings is 3. The Hall–Kier alpha value is -3.01. The highest BCUT2D eigenvalue weighted by atomic mass is 16.5. The standard InChI is InChI=1S/C21H22N2O2/c1-24-20-12-11-18-10-9-17(15-23-22)14-19(18)21(20)25-13-5-8-16-6-3-2-4-7-16/h2-4,6-7,9-12,14-15H,5,8,13,22H2,1H3/b23-15-. The summed E-state index contributed by atoms with van der Waals surface area (Å²) in [6, 6.07) is 20.4. The molecule has 0 spiro atoms. The van der Waals surface area contributed by atoms with Crippen LogP contribution in [0, 0.1) is 0 Å².